The number of phenols is 1. The molecule has 1 atom stereocenters. The van der Waals surface area contributed by atoms with Crippen molar-refractivity contribution in [3.05, 3.63) is 42.0 Å². The first-order valence-electron chi connectivity index (χ1n) is 7.22. The van der Waals surface area contributed by atoms with E-state index in [2.05, 4.69) is 28.2 Å². The summed E-state index contributed by atoms with van der Waals surface area (Å²) >= 11 is 3.43. The van der Waals surface area contributed by atoms with Gasteiger partial charge in [0.1, 0.15) is 5.75 Å². The number of halogens is 1. The van der Waals surface area contributed by atoms with Crippen LogP contribution in [0.15, 0.2) is 36.4 Å². The highest BCUT2D eigenvalue weighted by atomic mass is 79.9. The maximum atomic E-state index is 12.3. The monoisotopic (exact) mass is 349 g/mol. The third-order valence-corrected chi connectivity index (χ3v) is 4.25. The minimum Gasteiger partial charge on any atom is -0.506 e. The Kier molecular flexibility index (Phi) is 5.62. The van der Waals surface area contributed by atoms with Gasteiger partial charge in [-0.15, -0.1) is 0 Å². The van der Waals surface area contributed by atoms with E-state index in [1.165, 1.54) is 0 Å². The minimum atomic E-state index is -0.216. The van der Waals surface area contributed by atoms with E-state index < -0.39 is 0 Å². The van der Waals surface area contributed by atoms with E-state index in [0.29, 0.717) is 23.4 Å². The summed E-state index contributed by atoms with van der Waals surface area (Å²) in [5, 5.41) is 15.8. The molecule has 0 aliphatic carbocycles. The van der Waals surface area contributed by atoms with E-state index in [1.807, 2.05) is 30.3 Å². The summed E-state index contributed by atoms with van der Waals surface area (Å²) in [6, 6.07) is 11.0. The summed E-state index contributed by atoms with van der Waals surface area (Å²) in [4.78, 5) is 12.3. The van der Waals surface area contributed by atoms with Crippen LogP contribution in [0.25, 0.3) is 10.8 Å². The number of nitrogens with one attached hydrogen (secondary N) is 1. The average Bonchev–Trinajstić information content (AvgIpc) is 2.51. The molecule has 112 valence electrons. The van der Waals surface area contributed by atoms with Crippen molar-refractivity contribution in [1.29, 1.82) is 0 Å². The number of aromatic hydroxyl groups is 1. The van der Waals surface area contributed by atoms with Gasteiger partial charge in [0.15, 0.2) is 0 Å². The van der Waals surface area contributed by atoms with E-state index in [1.54, 1.807) is 6.07 Å². The van der Waals surface area contributed by atoms with Gasteiger partial charge in [-0.25, -0.2) is 0 Å². The van der Waals surface area contributed by atoms with Crippen LogP contribution in [0.2, 0.25) is 0 Å². The van der Waals surface area contributed by atoms with Crippen LogP contribution >= 0.6 is 15.9 Å². The number of hydrogen-bond donors (Lipinski definition) is 2. The Bertz CT molecular complexity index is 627. The lowest BCUT2D eigenvalue weighted by molar-refractivity contribution is 0.0944. The van der Waals surface area contributed by atoms with Crippen LogP contribution in [0.1, 0.15) is 30.1 Å². The topological polar surface area (TPSA) is 49.3 Å². The van der Waals surface area contributed by atoms with Gasteiger partial charge in [0, 0.05) is 17.3 Å². The van der Waals surface area contributed by atoms with Crippen LogP contribution in [0.5, 0.6) is 5.75 Å². The van der Waals surface area contributed by atoms with Crippen LogP contribution in [0, 0.1) is 5.92 Å². The Morgan fingerprint density at radius 2 is 2.05 bits per heavy atom. The number of carbonyl (C=O) groups is 1. The van der Waals surface area contributed by atoms with Crippen LogP contribution in [-0.4, -0.2) is 22.9 Å². The Balaban J connectivity index is 2.14. The standard InChI is InChI=1S/C17H20BrNO2/c1-2-12(9-10-18)11-19-17(21)15-8-7-13-5-3-4-6-14(13)16(15)20/h3-8,12,20H,2,9-11H2,1H3,(H,19,21). The number of amides is 1. The molecule has 0 bridgehead atoms. The molecule has 0 heterocycles. The van der Waals surface area contributed by atoms with Gasteiger partial charge in [-0.3, -0.25) is 4.79 Å². The zero-order valence-corrected chi connectivity index (χ0v) is 13.7. The fourth-order valence-electron chi connectivity index (χ4n) is 2.38. The summed E-state index contributed by atoms with van der Waals surface area (Å²) in [5.41, 5.74) is 0.336. The molecule has 2 aromatic carbocycles. The Morgan fingerprint density at radius 3 is 2.76 bits per heavy atom. The highest BCUT2D eigenvalue weighted by Gasteiger charge is 2.15. The van der Waals surface area contributed by atoms with E-state index in [9.17, 15) is 9.90 Å². The van der Waals surface area contributed by atoms with Gasteiger partial charge < -0.3 is 10.4 Å². The fourth-order valence-corrected chi connectivity index (χ4v) is 3.02. The number of fused-ring (bicyclic) bond motifs is 1. The number of hydrogen-bond acceptors (Lipinski definition) is 2. The van der Waals surface area contributed by atoms with Gasteiger partial charge >= 0.3 is 0 Å². The molecule has 0 spiro atoms. The van der Waals surface area contributed by atoms with E-state index >= 15 is 0 Å². The predicted octanol–water partition coefficient (Wildman–Crippen LogP) is 4.09. The molecule has 4 heteroatoms. The van der Waals surface area contributed by atoms with Crippen molar-refractivity contribution >= 4 is 32.6 Å². The van der Waals surface area contributed by atoms with Gasteiger partial charge in [0.05, 0.1) is 5.56 Å². The molecule has 0 aromatic heterocycles. The van der Waals surface area contributed by atoms with Crippen molar-refractivity contribution in [2.45, 2.75) is 19.8 Å². The molecule has 2 N–H and O–H groups in total. The molecule has 0 saturated heterocycles. The summed E-state index contributed by atoms with van der Waals surface area (Å²) in [6.07, 6.45) is 2.05. The third kappa shape index (κ3) is 3.76. The van der Waals surface area contributed by atoms with Crippen molar-refractivity contribution in [3.63, 3.8) is 0 Å². The lowest BCUT2D eigenvalue weighted by atomic mass is 10.0. The molecule has 1 unspecified atom stereocenters. The molecule has 21 heavy (non-hydrogen) atoms. The van der Waals surface area contributed by atoms with E-state index in [0.717, 1.165) is 23.6 Å². The molecule has 3 nitrogen and oxygen atoms in total. The maximum absolute atomic E-state index is 12.3. The van der Waals surface area contributed by atoms with E-state index in [4.69, 9.17) is 0 Å². The second-order valence-electron chi connectivity index (χ2n) is 5.14. The second kappa shape index (κ2) is 7.46. The number of carbonyl (C=O) groups excluding carboxylic acids is 1. The first-order valence-corrected chi connectivity index (χ1v) is 8.34. The van der Waals surface area contributed by atoms with Crippen LogP contribution in [0.3, 0.4) is 0 Å². The largest absolute Gasteiger partial charge is 0.506 e. The van der Waals surface area contributed by atoms with Crippen molar-refractivity contribution in [2.24, 2.45) is 5.92 Å². The molecular formula is C17H20BrNO2. The molecule has 0 aliphatic rings. The van der Waals surface area contributed by atoms with Crippen molar-refractivity contribution in [3.8, 4) is 5.75 Å². The summed E-state index contributed by atoms with van der Waals surface area (Å²) < 4.78 is 0. The maximum Gasteiger partial charge on any atom is 0.255 e. The SMILES string of the molecule is CCC(CCBr)CNC(=O)c1ccc2ccccc2c1O. The lowest BCUT2D eigenvalue weighted by Crippen LogP contribution is -2.29. The number of alkyl halides is 1. The highest BCUT2D eigenvalue weighted by molar-refractivity contribution is 9.09. The number of benzene rings is 2. The van der Waals surface area contributed by atoms with Crippen molar-refractivity contribution in [2.75, 3.05) is 11.9 Å². The van der Waals surface area contributed by atoms with Crippen molar-refractivity contribution < 1.29 is 9.90 Å². The van der Waals surface area contributed by atoms with Gasteiger partial charge in [0.25, 0.3) is 5.91 Å². The number of phenolic OH excluding ortho intramolecular Hbond substituents is 1. The molecule has 0 aliphatic heterocycles. The van der Waals surface area contributed by atoms with Gasteiger partial charge in [-0.05, 0) is 23.8 Å². The first kappa shape index (κ1) is 15.8. The summed E-state index contributed by atoms with van der Waals surface area (Å²) in [7, 11) is 0. The Morgan fingerprint density at radius 1 is 1.29 bits per heavy atom. The molecule has 1 amide bonds. The second-order valence-corrected chi connectivity index (χ2v) is 5.94. The predicted molar refractivity (Wildman–Crippen MR) is 90.1 cm³/mol. The van der Waals surface area contributed by atoms with E-state index in [-0.39, 0.29) is 11.7 Å². The van der Waals surface area contributed by atoms with Crippen LogP contribution in [0.4, 0.5) is 0 Å². The zero-order valence-electron chi connectivity index (χ0n) is 12.1. The summed E-state index contributed by atoms with van der Waals surface area (Å²) in [5.74, 6) is 0.293. The Labute approximate surface area is 133 Å². The zero-order chi connectivity index (χ0) is 15.2. The minimum absolute atomic E-state index is 0.0548. The first-order chi connectivity index (χ1) is 10.2. The quantitative estimate of drug-likeness (QED) is 0.771. The molecule has 0 saturated carbocycles. The third-order valence-electron chi connectivity index (χ3n) is 3.79. The number of rotatable bonds is 6. The summed E-state index contributed by atoms with van der Waals surface area (Å²) in [6.45, 7) is 2.75. The molecular weight excluding hydrogens is 330 g/mol. The molecule has 0 fully saturated rings. The van der Waals surface area contributed by atoms with Crippen molar-refractivity contribution in [1.82, 2.24) is 5.32 Å². The fraction of sp³-hybridized carbons (Fsp3) is 0.353. The normalized spacial score (nSPS) is 12.3. The molecule has 0 radical (unpaired) electrons. The smallest absolute Gasteiger partial charge is 0.255 e. The van der Waals surface area contributed by atoms with Crippen LogP contribution in [-0.2, 0) is 0 Å². The van der Waals surface area contributed by atoms with Gasteiger partial charge in [0.2, 0.25) is 0 Å². The van der Waals surface area contributed by atoms with Gasteiger partial charge in [-0.1, -0.05) is 59.6 Å². The lowest BCUT2D eigenvalue weighted by Gasteiger charge is -2.15. The van der Waals surface area contributed by atoms with Gasteiger partial charge in [-0.2, -0.15) is 0 Å². The highest BCUT2D eigenvalue weighted by Crippen LogP contribution is 2.28. The molecule has 2 rings (SSSR count). The van der Waals surface area contributed by atoms with Crippen LogP contribution < -0.4 is 5.32 Å². The average molecular weight is 350 g/mol. The molecule has 2 aromatic rings. The Hall–Kier alpha value is -1.55.